The predicted octanol–water partition coefficient (Wildman–Crippen LogP) is 2.67. The van der Waals surface area contributed by atoms with E-state index in [-0.39, 0.29) is 0 Å². The first kappa shape index (κ1) is 5.61. The number of allylic oxidation sites excluding steroid dienone is 3. The van der Waals surface area contributed by atoms with Gasteiger partial charge >= 0.3 is 0 Å². The first-order valence-electron chi connectivity index (χ1n) is 3.13. The molecule has 0 spiro atoms. The van der Waals surface area contributed by atoms with Crippen LogP contribution >= 0.6 is 0 Å². The Morgan fingerprint density at radius 2 is 2.25 bits per heavy atom. The summed E-state index contributed by atoms with van der Waals surface area (Å²) in [5.41, 5.74) is 2.97. The van der Waals surface area contributed by atoms with E-state index in [0.29, 0.717) is 0 Å². The summed E-state index contributed by atoms with van der Waals surface area (Å²) in [4.78, 5) is 0. The maximum absolute atomic E-state index is 3.91. The fraction of sp³-hybridized carbons (Fsp3) is 0.500. The average Bonchev–Trinajstić information content (AvgIpc) is 2.14. The van der Waals surface area contributed by atoms with E-state index in [1.54, 1.807) is 5.57 Å². The quantitative estimate of drug-likeness (QED) is 0.418. The molecule has 0 radical (unpaired) electrons. The van der Waals surface area contributed by atoms with E-state index < -0.39 is 0 Å². The third-order valence-electron chi connectivity index (χ3n) is 1.68. The largest absolute Gasteiger partial charge is 0.0995 e. The number of hydrogen-bond acceptors (Lipinski definition) is 0. The summed E-state index contributed by atoms with van der Waals surface area (Å²) in [5, 5.41) is 0. The first-order chi connectivity index (χ1) is 3.83. The Morgan fingerprint density at radius 1 is 1.50 bits per heavy atom. The third kappa shape index (κ3) is 1.00. The molecule has 0 heterocycles. The summed E-state index contributed by atoms with van der Waals surface area (Å²) >= 11 is 0. The second kappa shape index (κ2) is 2.17. The van der Waals surface area contributed by atoms with Crippen LogP contribution in [0.2, 0.25) is 0 Å². The van der Waals surface area contributed by atoms with Crippen molar-refractivity contribution in [2.45, 2.75) is 26.2 Å². The third-order valence-corrected chi connectivity index (χ3v) is 1.68. The predicted molar refractivity (Wildman–Crippen MR) is 36.7 cm³/mol. The lowest BCUT2D eigenvalue weighted by atomic mass is 10.2. The molecule has 0 aromatic heterocycles. The van der Waals surface area contributed by atoms with Gasteiger partial charge in [0.2, 0.25) is 0 Å². The summed E-state index contributed by atoms with van der Waals surface area (Å²) in [6, 6.07) is 0. The molecule has 1 aliphatic carbocycles. The van der Waals surface area contributed by atoms with Gasteiger partial charge in [0.1, 0.15) is 0 Å². The molecule has 0 aromatic rings. The zero-order valence-corrected chi connectivity index (χ0v) is 5.41. The molecule has 0 bridgehead atoms. The molecule has 8 heavy (non-hydrogen) atoms. The van der Waals surface area contributed by atoms with E-state index in [1.165, 1.54) is 18.4 Å². The molecule has 0 atom stereocenters. The molecule has 0 unspecified atom stereocenters. The summed E-state index contributed by atoms with van der Waals surface area (Å²) in [6.45, 7) is 6.02. The SMILES string of the molecule is C=C1CC/C(=C/C)C1. The van der Waals surface area contributed by atoms with Crippen LogP contribution in [0.3, 0.4) is 0 Å². The molecular formula is C8H12. The van der Waals surface area contributed by atoms with Crippen molar-refractivity contribution in [2.24, 2.45) is 0 Å². The van der Waals surface area contributed by atoms with E-state index in [9.17, 15) is 0 Å². The molecule has 1 fully saturated rings. The van der Waals surface area contributed by atoms with Crippen LogP contribution in [-0.2, 0) is 0 Å². The van der Waals surface area contributed by atoms with Crippen molar-refractivity contribution < 1.29 is 0 Å². The fourth-order valence-electron chi connectivity index (χ4n) is 1.08. The van der Waals surface area contributed by atoms with Crippen molar-refractivity contribution in [3.63, 3.8) is 0 Å². The minimum absolute atomic E-state index is 1.16. The van der Waals surface area contributed by atoms with Crippen molar-refractivity contribution in [2.75, 3.05) is 0 Å². The molecule has 0 aromatic carbocycles. The van der Waals surface area contributed by atoms with Gasteiger partial charge in [0.25, 0.3) is 0 Å². The molecule has 44 valence electrons. The Hall–Kier alpha value is -0.520. The molecule has 0 nitrogen and oxygen atoms in total. The van der Waals surface area contributed by atoms with Crippen LogP contribution in [0.5, 0.6) is 0 Å². The monoisotopic (exact) mass is 108 g/mol. The minimum atomic E-state index is 1.16. The summed E-state index contributed by atoms with van der Waals surface area (Å²) in [6.07, 6.45) is 5.85. The molecular weight excluding hydrogens is 96.1 g/mol. The van der Waals surface area contributed by atoms with Crippen LogP contribution < -0.4 is 0 Å². The van der Waals surface area contributed by atoms with Crippen LogP contribution in [-0.4, -0.2) is 0 Å². The Bertz CT molecular complexity index is 129. The normalized spacial score (nSPS) is 25.1. The Labute approximate surface area is 50.9 Å². The lowest BCUT2D eigenvalue weighted by Crippen LogP contribution is -1.66. The van der Waals surface area contributed by atoms with Gasteiger partial charge in [-0.05, 0) is 26.2 Å². The highest BCUT2D eigenvalue weighted by atomic mass is 14.1. The lowest BCUT2D eigenvalue weighted by Gasteiger charge is -1.86. The molecule has 0 heteroatoms. The highest BCUT2D eigenvalue weighted by molar-refractivity contribution is 5.20. The van der Waals surface area contributed by atoms with Crippen LogP contribution in [0.4, 0.5) is 0 Å². The van der Waals surface area contributed by atoms with E-state index in [4.69, 9.17) is 0 Å². The molecule has 1 rings (SSSR count). The lowest BCUT2D eigenvalue weighted by molar-refractivity contribution is 1.05. The first-order valence-corrected chi connectivity index (χ1v) is 3.13. The van der Waals surface area contributed by atoms with Crippen LogP contribution in [0.25, 0.3) is 0 Å². The molecule has 1 saturated carbocycles. The summed E-state index contributed by atoms with van der Waals surface area (Å²) in [7, 11) is 0. The topological polar surface area (TPSA) is 0 Å². The van der Waals surface area contributed by atoms with Crippen molar-refractivity contribution in [1.82, 2.24) is 0 Å². The van der Waals surface area contributed by atoms with Gasteiger partial charge in [0.05, 0.1) is 0 Å². The van der Waals surface area contributed by atoms with Gasteiger partial charge in [-0.1, -0.05) is 23.8 Å². The van der Waals surface area contributed by atoms with E-state index in [1.807, 2.05) is 0 Å². The van der Waals surface area contributed by atoms with Gasteiger partial charge in [-0.2, -0.15) is 0 Å². The van der Waals surface area contributed by atoms with Gasteiger partial charge < -0.3 is 0 Å². The van der Waals surface area contributed by atoms with Gasteiger partial charge in [-0.3, -0.25) is 0 Å². The summed E-state index contributed by atoms with van der Waals surface area (Å²) in [5.74, 6) is 0. The summed E-state index contributed by atoms with van der Waals surface area (Å²) < 4.78 is 0. The van der Waals surface area contributed by atoms with Crippen LogP contribution in [0.15, 0.2) is 23.8 Å². The Kier molecular flexibility index (Phi) is 1.52. The van der Waals surface area contributed by atoms with Crippen molar-refractivity contribution in [1.29, 1.82) is 0 Å². The second-order valence-electron chi connectivity index (χ2n) is 2.37. The molecule has 0 aliphatic heterocycles. The molecule has 0 N–H and O–H groups in total. The minimum Gasteiger partial charge on any atom is -0.0995 e. The smallest absolute Gasteiger partial charge is 0.0111 e. The van der Waals surface area contributed by atoms with Gasteiger partial charge in [-0.15, -0.1) is 0 Å². The standard InChI is InChI=1S/C8H12/c1-3-8-5-4-7(2)6-8/h3H,2,4-6H2,1H3/b8-3-. The van der Waals surface area contributed by atoms with Gasteiger partial charge in [0.15, 0.2) is 0 Å². The average molecular weight is 108 g/mol. The second-order valence-corrected chi connectivity index (χ2v) is 2.37. The van der Waals surface area contributed by atoms with Crippen molar-refractivity contribution in [3.05, 3.63) is 23.8 Å². The highest BCUT2D eigenvalue weighted by Crippen LogP contribution is 2.27. The van der Waals surface area contributed by atoms with Crippen molar-refractivity contribution in [3.8, 4) is 0 Å². The Morgan fingerprint density at radius 3 is 2.50 bits per heavy atom. The zero-order chi connectivity index (χ0) is 5.98. The van der Waals surface area contributed by atoms with Crippen molar-refractivity contribution >= 4 is 0 Å². The molecule has 0 amide bonds. The fourth-order valence-corrected chi connectivity index (χ4v) is 1.08. The van der Waals surface area contributed by atoms with Gasteiger partial charge in [0, 0.05) is 0 Å². The van der Waals surface area contributed by atoms with Gasteiger partial charge in [-0.25, -0.2) is 0 Å². The van der Waals surface area contributed by atoms with E-state index in [2.05, 4.69) is 19.6 Å². The zero-order valence-electron chi connectivity index (χ0n) is 5.41. The van der Waals surface area contributed by atoms with E-state index >= 15 is 0 Å². The maximum atomic E-state index is 3.91. The maximum Gasteiger partial charge on any atom is -0.0111 e. The Balaban J connectivity index is 2.56. The van der Waals surface area contributed by atoms with Crippen LogP contribution in [0.1, 0.15) is 26.2 Å². The molecule has 0 saturated heterocycles. The number of hydrogen-bond donors (Lipinski definition) is 0. The molecule has 1 aliphatic rings. The van der Waals surface area contributed by atoms with E-state index in [0.717, 1.165) is 6.42 Å². The highest BCUT2D eigenvalue weighted by Gasteiger charge is 2.07. The number of rotatable bonds is 0. The van der Waals surface area contributed by atoms with Crippen LogP contribution in [0, 0.1) is 0 Å².